The zero-order valence-electron chi connectivity index (χ0n) is 9.89. The van der Waals surface area contributed by atoms with Crippen LogP contribution in [-0.4, -0.2) is 13.4 Å². The number of sulfonamides is 1. The van der Waals surface area contributed by atoms with Crippen molar-refractivity contribution in [1.82, 2.24) is 4.98 Å². The van der Waals surface area contributed by atoms with E-state index >= 15 is 0 Å². The van der Waals surface area contributed by atoms with Crippen molar-refractivity contribution in [3.05, 3.63) is 51.2 Å². The molecule has 0 radical (unpaired) electrons. The summed E-state index contributed by atoms with van der Waals surface area (Å²) >= 11 is 6.52. The summed E-state index contributed by atoms with van der Waals surface area (Å²) < 4.78 is 28.3. The Kier molecular flexibility index (Phi) is 4.27. The van der Waals surface area contributed by atoms with Gasteiger partial charge in [-0.25, -0.2) is 13.4 Å². The average Bonchev–Trinajstić information content (AvgIpc) is 2.33. The maximum absolute atomic E-state index is 12.2. The third kappa shape index (κ3) is 3.55. The summed E-state index contributed by atoms with van der Waals surface area (Å²) in [7, 11) is -3.60. The minimum absolute atomic E-state index is 0.197. The second-order valence-electron chi connectivity index (χ2n) is 3.89. The van der Waals surface area contributed by atoms with Gasteiger partial charge >= 0.3 is 0 Å². The lowest BCUT2D eigenvalue weighted by atomic mass is 10.3. The molecule has 0 aliphatic carbocycles. The van der Waals surface area contributed by atoms with Gasteiger partial charge in [-0.1, -0.05) is 22.0 Å². The van der Waals surface area contributed by atoms with Crippen molar-refractivity contribution in [2.75, 3.05) is 4.72 Å². The number of aromatic nitrogens is 1. The maximum atomic E-state index is 12.2. The van der Waals surface area contributed by atoms with Crippen LogP contribution in [0, 0.1) is 6.92 Å². The van der Waals surface area contributed by atoms with Crippen LogP contribution in [0.5, 0.6) is 0 Å². The summed E-state index contributed by atoms with van der Waals surface area (Å²) in [5, 5.41) is 0. The SMILES string of the molecule is Cc1cc(NS(=O)(=O)c2cccc(Br)c2)cnc1Br. The van der Waals surface area contributed by atoms with Gasteiger partial charge in [-0.15, -0.1) is 0 Å². The monoisotopic (exact) mass is 404 g/mol. The highest BCUT2D eigenvalue weighted by Gasteiger charge is 2.14. The number of rotatable bonds is 3. The molecule has 2 aromatic rings. The van der Waals surface area contributed by atoms with E-state index in [0.717, 1.165) is 5.56 Å². The van der Waals surface area contributed by atoms with E-state index in [0.29, 0.717) is 14.8 Å². The fourth-order valence-corrected chi connectivity index (χ4v) is 3.31. The number of hydrogen-bond donors (Lipinski definition) is 1. The van der Waals surface area contributed by atoms with Crippen LogP contribution in [0.25, 0.3) is 0 Å². The number of halogens is 2. The van der Waals surface area contributed by atoms with Crippen molar-refractivity contribution in [3.8, 4) is 0 Å². The standard InChI is InChI=1S/C12H10Br2N2O2S/c1-8-5-10(7-15-12(8)14)16-19(17,18)11-4-2-3-9(13)6-11/h2-7,16H,1H3. The Balaban J connectivity index is 2.33. The average molecular weight is 406 g/mol. The van der Waals surface area contributed by atoms with Crippen LogP contribution in [0.2, 0.25) is 0 Å². The number of aryl methyl sites for hydroxylation is 1. The molecule has 0 unspecified atom stereocenters. The fraction of sp³-hybridized carbons (Fsp3) is 0.0833. The summed E-state index contributed by atoms with van der Waals surface area (Å²) in [5.41, 5.74) is 1.29. The van der Waals surface area contributed by atoms with Crippen molar-refractivity contribution in [1.29, 1.82) is 0 Å². The molecule has 2 rings (SSSR count). The topological polar surface area (TPSA) is 59.1 Å². The second kappa shape index (κ2) is 5.60. The van der Waals surface area contributed by atoms with Gasteiger partial charge in [0.25, 0.3) is 10.0 Å². The lowest BCUT2D eigenvalue weighted by Gasteiger charge is -2.09. The molecule has 0 atom stereocenters. The van der Waals surface area contributed by atoms with Crippen LogP contribution in [0.1, 0.15) is 5.56 Å². The first kappa shape index (κ1) is 14.5. The quantitative estimate of drug-likeness (QED) is 0.791. The van der Waals surface area contributed by atoms with Crippen LogP contribution in [0.15, 0.2) is 50.5 Å². The Bertz CT molecular complexity index is 717. The molecule has 1 N–H and O–H groups in total. The lowest BCUT2D eigenvalue weighted by Crippen LogP contribution is -2.13. The van der Waals surface area contributed by atoms with E-state index in [1.54, 1.807) is 24.3 Å². The number of benzene rings is 1. The fourth-order valence-electron chi connectivity index (χ4n) is 1.46. The molecule has 0 aliphatic rings. The molecule has 0 fully saturated rings. The number of hydrogen-bond acceptors (Lipinski definition) is 3. The Morgan fingerprint density at radius 3 is 2.58 bits per heavy atom. The van der Waals surface area contributed by atoms with E-state index in [1.807, 2.05) is 6.92 Å². The second-order valence-corrected chi connectivity index (χ2v) is 7.24. The Hall–Kier alpha value is -0.920. The molecule has 1 heterocycles. The first-order valence-corrected chi connectivity index (χ1v) is 8.36. The van der Waals surface area contributed by atoms with Crippen molar-refractivity contribution in [3.63, 3.8) is 0 Å². The van der Waals surface area contributed by atoms with Gasteiger partial charge in [0, 0.05) is 4.47 Å². The molecule has 7 heteroatoms. The van der Waals surface area contributed by atoms with E-state index in [2.05, 4.69) is 41.6 Å². The molecule has 0 saturated heterocycles. The van der Waals surface area contributed by atoms with Gasteiger partial charge in [-0.3, -0.25) is 4.72 Å². The Morgan fingerprint density at radius 1 is 1.21 bits per heavy atom. The molecule has 0 bridgehead atoms. The summed E-state index contributed by atoms with van der Waals surface area (Å²) in [6.07, 6.45) is 1.46. The van der Waals surface area contributed by atoms with Gasteiger partial charge in [-0.05, 0) is 52.7 Å². The highest BCUT2D eigenvalue weighted by molar-refractivity contribution is 9.10. The first-order chi connectivity index (χ1) is 8.88. The number of pyridine rings is 1. The lowest BCUT2D eigenvalue weighted by molar-refractivity contribution is 0.601. The molecule has 4 nitrogen and oxygen atoms in total. The van der Waals surface area contributed by atoms with E-state index < -0.39 is 10.0 Å². The molecule has 0 amide bonds. The highest BCUT2D eigenvalue weighted by Crippen LogP contribution is 2.21. The molecule has 0 spiro atoms. The van der Waals surface area contributed by atoms with Gasteiger partial charge in [0.1, 0.15) is 4.60 Å². The molecular formula is C12H10Br2N2O2S. The molecule has 1 aromatic carbocycles. The van der Waals surface area contributed by atoms with Gasteiger partial charge in [-0.2, -0.15) is 0 Å². The predicted octanol–water partition coefficient (Wildman–Crippen LogP) is 3.72. The third-order valence-corrected chi connectivity index (χ3v) is 5.08. The largest absolute Gasteiger partial charge is 0.278 e. The highest BCUT2D eigenvalue weighted by atomic mass is 79.9. The van der Waals surface area contributed by atoms with Crippen LogP contribution in [0.3, 0.4) is 0 Å². The number of nitrogens with zero attached hydrogens (tertiary/aromatic N) is 1. The van der Waals surface area contributed by atoms with E-state index in [4.69, 9.17) is 0 Å². The smallest absolute Gasteiger partial charge is 0.261 e. The maximum Gasteiger partial charge on any atom is 0.261 e. The van der Waals surface area contributed by atoms with Crippen LogP contribution in [-0.2, 0) is 10.0 Å². The van der Waals surface area contributed by atoms with Crippen LogP contribution in [0.4, 0.5) is 5.69 Å². The van der Waals surface area contributed by atoms with E-state index in [1.165, 1.54) is 12.3 Å². The number of anilines is 1. The van der Waals surface area contributed by atoms with Crippen LogP contribution < -0.4 is 4.72 Å². The Morgan fingerprint density at radius 2 is 1.95 bits per heavy atom. The predicted molar refractivity (Wildman–Crippen MR) is 81.6 cm³/mol. The zero-order valence-corrected chi connectivity index (χ0v) is 13.9. The normalized spacial score (nSPS) is 11.3. The molecule has 0 saturated carbocycles. The zero-order chi connectivity index (χ0) is 14.0. The summed E-state index contributed by atoms with van der Waals surface area (Å²) in [4.78, 5) is 4.25. The van der Waals surface area contributed by atoms with Crippen molar-refractivity contribution in [2.24, 2.45) is 0 Å². The molecule has 100 valence electrons. The number of nitrogens with one attached hydrogen (secondary N) is 1. The Labute approximate surface area is 128 Å². The van der Waals surface area contributed by atoms with Crippen molar-refractivity contribution < 1.29 is 8.42 Å². The minimum atomic E-state index is -3.60. The molecule has 19 heavy (non-hydrogen) atoms. The van der Waals surface area contributed by atoms with Gasteiger partial charge in [0.15, 0.2) is 0 Å². The van der Waals surface area contributed by atoms with Gasteiger partial charge in [0.05, 0.1) is 16.8 Å². The third-order valence-electron chi connectivity index (χ3n) is 2.37. The minimum Gasteiger partial charge on any atom is -0.278 e. The van der Waals surface area contributed by atoms with E-state index in [9.17, 15) is 8.42 Å². The molecule has 0 aliphatic heterocycles. The summed E-state index contributed by atoms with van der Waals surface area (Å²) in [6, 6.07) is 8.23. The van der Waals surface area contributed by atoms with Crippen LogP contribution >= 0.6 is 31.9 Å². The van der Waals surface area contributed by atoms with Gasteiger partial charge in [0.2, 0.25) is 0 Å². The van der Waals surface area contributed by atoms with E-state index in [-0.39, 0.29) is 4.90 Å². The summed E-state index contributed by atoms with van der Waals surface area (Å²) in [6.45, 7) is 1.84. The van der Waals surface area contributed by atoms with Crippen molar-refractivity contribution >= 4 is 47.6 Å². The molecular weight excluding hydrogens is 396 g/mol. The van der Waals surface area contributed by atoms with Crippen molar-refractivity contribution in [2.45, 2.75) is 11.8 Å². The molecule has 1 aromatic heterocycles. The summed E-state index contributed by atoms with van der Waals surface area (Å²) in [5.74, 6) is 0. The van der Waals surface area contributed by atoms with Gasteiger partial charge < -0.3 is 0 Å². The first-order valence-electron chi connectivity index (χ1n) is 5.29.